The first kappa shape index (κ1) is 14.5. The zero-order valence-corrected chi connectivity index (χ0v) is 11.0. The Morgan fingerprint density at radius 2 is 2.18 bits per heavy atom. The smallest absolute Gasteiger partial charge is 0.222 e. The molecular formula is C13H25NO3. The molecule has 1 N–H and O–H groups in total. The summed E-state index contributed by atoms with van der Waals surface area (Å²) >= 11 is 0. The Labute approximate surface area is 104 Å². The van der Waals surface area contributed by atoms with E-state index >= 15 is 0 Å². The largest absolute Gasteiger partial charge is 0.393 e. The molecule has 1 aliphatic rings. The van der Waals surface area contributed by atoms with E-state index in [-0.39, 0.29) is 17.9 Å². The lowest BCUT2D eigenvalue weighted by atomic mass is 10.1. The summed E-state index contributed by atoms with van der Waals surface area (Å²) in [5, 5.41) is 9.71. The minimum atomic E-state index is -0.209. The molecule has 1 rings (SSSR count). The molecule has 4 nitrogen and oxygen atoms in total. The first-order valence-electron chi connectivity index (χ1n) is 6.56. The summed E-state index contributed by atoms with van der Waals surface area (Å²) in [7, 11) is 3.51. The Morgan fingerprint density at radius 3 is 2.76 bits per heavy atom. The predicted octanol–water partition coefficient (Wildman–Crippen LogP) is 1.42. The lowest BCUT2D eigenvalue weighted by Crippen LogP contribution is -2.34. The predicted molar refractivity (Wildman–Crippen MR) is 66.7 cm³/mol. The van der Waals surface area contributed by atoms with Gasteiger partial charge in [-0.15, -0.1) is 0 Å². The third-order valence-corrected chi connectivity index (χ3v) is 3.54. The highest BCUT2D eigenvalue weighted by atomic mass is 16.5. The number of nitrogens with zero attached hydrogens (tertiary/aromatic N) is 1. The first-order valence-corrected chi connectivity index (χ1v) is 6.56. The van der Waals surface area contributed by atoms with Crippen molar-refractivity contribution in [1.82, 2.24) is 4.90 Å². The molecule has 0 radical (unpaired) electrons. The molecule has 0 saturated heterocycles. The van der Waals surface area contributed by atoms with Gasteiger partial charge in [-0.05, 0) is 25.7 Å². The van der Waals surface area contributed by atoms with Gasteiger partial charge in [-0.1, -0.05) is 6.42 Å². The number of carbonyl (C=O) groups is 1. The summed E-state index contributed by atoms with van der Waals surface area (Å²) in [5.41, 5.74) is 0. The molecule has 2 unspecified atom stereocenters. The van der Waals surface area contributed by atoms with Gasteiger partial charge in [-0.3, -0.25) is 4.79 Å². The highest BCUT2D eigenvalue weighted by Crippen LogP contribution is 2.26. The van der Waals surface area contributed by atoms with Gasteiger partial charge in [-0.25, -0.2) is 0 Å². The average Bonchev–Trinajstić information content (AvgIpc) is 2.70. The number of amides is 1. The van der Waals surface area contributed by atoms with Crippen molar-refractivity contribution in [3.05, 3.63) is 0 Å². The van der Waals surface area contributed by atoms with Crippen molar-refractivity contribution in [2.24, 2.45) is 5.92 Å². The van der Waals surface area contributed by atoms with E-state index in [1.807, 2.05) is 7.05 Å². The number of aliphatic hydroxyl groups is 1. The van der Waals surface area contributed by atoms with Crippen LogP contribution in [0.4, 0.5) is 0 Å². The highest BCUT2D eigenvalue weighted by Gasteiger charge is 2.27. The maximum atomic E-state index is 11.8. The standard InChI is InChI=1S/C13H25NO3/c1-14(10-11-6-5-7-12(11)15)13(16)8-3-4-9-17-2/h11-12,15H,3-10H2,1-2H3. The van der Waals surface area contributed by atoms with E-state index in [9.17, 15) is 9.90 Å². The Balaban J connectivity index is 2.17. The molecule has 100 valence electrons. The van der Waals surface area contributed by atoms with E-state index < -0.39 is 0 Å². The quantitative estimate of drug-likeness (QED) is 0.688. The fraction of sp³-hybridized carbons (Fsp3) is 0.923. The van der Waals surface area contributed by atoms with Crippen LogP contribution in [-0.4, -0.2) is 49.3 Å². The molecular weight excluding hydrogens is 218 g/mol. The van der Waals surface area contributed by atoms with Crippen LogP contribution >= 0.6 is 0 Å². The number of hydrogen-bond acceptors (Lipinski definition) is 3. The Morgan fingerprint density at radius 1 is 1.41 bits per heavy atom. The molecule has 1 aliphatic carbocycles. The molecule has 0 aromatic carbocycles. The van der Waals surface area contributed by atoms with Gasteiger partial charge in [-0.2, -0.15) is 0 Å². The Hall–Kier alpha value is -0.610. The van der Waals surface area contributed by atoms with Crippen molar-refractivity contribution in [2.75, 3.05) is 27.3 Å². The number of rotatable bonds is 7. The van der Waals surface area contributed by atoms with Crippen LogP contribution in [-0.2, 0) is 9.53 Å². The second-order valence-electron chi connectivity index (χ2n) is 4.98. The van der Waals surface area contributed by atoms with Gasteiger partial charge < -0.3 is 14.7 Å². The summed E-state index contributed by atoms with van der Waals surface area (Å²) in [5.74, 6) is 0.461. The average molecular weight is 243 g/mol. The molecule has 0 spiro atoms. The van der Waals surface area contributed by atoms with E-state index in [0.29, 0.717) is 13.0 Å². The van der Waals surface area contributed by atoms with E-state index in [2.05, 4.69) is 0 Å². The normalized spacial score (nSPS) is 23.9. The van der Waals surface area contributed by atoms with Gasteiger partial charge in [0.2, 0.25) is 5.91 Å². The molecule has 2 atom stereocenters. The number of carbonyl (C=O) groups excluding carboxylic acids is 1. The molecule has 4 heteroatoms. The topological polar surface area (TPSA) is 49.8 Å². The Kier molecular flexibility index (Phi) is 6.52. The summed E-state index contributed by atoms with van der Waals surface area (Å²) < 4.78 is 4.95. The fourth-order valence-electron chi connectivity index (χ4n) is 2.40. The van der Waals surface area contributed by atoms with Crippen LogP contribution in [0.3, 0.4) is 0 Å². The van der Waals surface area contributed by atoms with Crippen LogP contribution in [0.2, 0.25) is 0 Å². The molecule has 17 heavy (non-hydrogen) atoms. The summed E-state index contributed by atoms with van der Waals surface area (Å²) in [4.78, 5) is 13.6. The van der Waals surface area contributed by atoms with Gasteiger partial charge in [0.15, 0.2) is 0 Å². The number of hydrogen-bond donors (Lipinski definition) is 1. The molecule has 0 aliphatic heterocycles. The maximum absolute atomic E-state index is 11.8. The zero-order valence-electron chi connectivity index (χ0n) is 11.0. The molecule has 1 fully saturated rings. The summed E-state index contributed by atoms with van der Waals surface area (Å²) in [6.45, 7) is 1.42. The van der Waals surface area contributed by atoms with Gasteiger partial charge >= 0.3 is 0 Å². The second kappa shape index (κ2) is 7.67. The highest BCUT2D eigenvalue weighted by molar-refractivity contribution is 5.75. The van der Waals surface area contributed by atoms with Crippen molar-refractivity contribution in [1.29, 1.82) is 0 Å². The zero-order chi connectivity index (χ0) is 12.7. The third kappa shape index (κ3) is 5.04. The minimum Gasteiger partial charge on any atom is -0.393 e. The van der Waals surface area contributed by atoms with Crippen LogP contribution < -0.4 is 0 Å². The van der Waals surface area contributed by atoms with Crippen LogP contribution in [0, 0.1) is 5.92 Å². The van der Waals surface area contributed by atoms with Crippen molar-refractivity contribution in [2.45, 2.75) is 44.6 Å². The van der Waals surface area contributed by atoms with E-state index in [1.165, 1.54) is 0 Å². The van der Waals surface area contributed by atoms with Crippen LogP contribution in [0.15, 0.2) is 0 Å². The van der Waals surface area contributed by atoms with Gasteiger partial charge in [0.25, 0.3) is 0 Å². The lowest BCUT2D eigenvalue weighted by molar-refractivity contribution is -0.131. The third-order valence-electron chi connectivity index (χ3n) is 3.54. The molecule has 0 bridgehead atoms. The van der Waals surface area contributed by atoms with E-state index in [4.69, 9.17) is 4.74 Å². The number of aliphatic hydroxyl groups excluding tert-OH is 1. The van der Waals surface area contributed by atoms with Crippen LogP contribution in [0.25, 0.3) is 0 Å². The number of ether oxygens (including phenoxy) is 1. The molecule has 0 aromatic heterocycles. The number of methoxy groups -OCH3 is 1. The maximum Gasteiger partial charge on any atom is 0.222 e. The molecule has 0 aromatic rings. The minimum absolute atomic E-state index is 0.181. The number of unbranched alkanes of at least 4 members (excludes halogenated alkanes) is 1. The van der Waals surface area contributed by atoms with Crippen molar-refractivity contribution in [3.63, 3.8) is 0 Å². The summed E-state index contributed by atoms with van der Waals surface area (Å²) in [6.07, 6.45) is 5.21. The first-order chi connectivity index (χ1) is 8.15. The van der Waals surface area contributed by atoms with Crippen LogP contribution in [0.1, 0.15) is 38.5 Å². The molecule has 0 heterocycles. The van der Waals surface area contributed by atoms with Gasteiger partial charge in [0, 0.05) is 39.6 Å². The SMILES string of the molecule is COCCCCC(=O)N(C)CC1CCCC1O. The van der Waals surface area contributed by atoms with Gasteiger partial charge in [0.05, 0.1) is 6.10 Å². The van der Waals surface area contributed by atoms with Crippen LogP contribution in [0.5, 0.6) is 0 Å². The van der Waals surface area contributed by atoms with Gasteiger partial charge in [0.1, 0.15) is 0 Å². The molecule has 1 amide bonds. The van der Waals surface area contributed by atoms with Crippen molar-refractivity contribution < 1.29 is 14.6 Å². The summed E-state index contributed by atoms with van der Waals surface area (Å²) in [6, 6.07) is 0. The lowest BCUT2D eigenvalue weighted by Gasteiger charge is -2.23. The van der Waals surface area contributed by atoms with Crippen molar-refractivity contribution >= 4 is 5.91 Å². The van der Waals surface area contributed by atoms with E-state index in [0.717, 1.165) is 38.7 Å². The molecule has 1 saturated carbocycles. The van der Waals surface area contributed by atoms with Crippen molar-refractivity contribution in [3.8, 4) is 0 Å². The monoisotopic (exact) mass is 243 g/mol. The fourth-order valence-corrected chi connectivity index (χ4v) is 2.40. The Bertz CT molecular complexity index is 233. The second-order valence-corrected chi connectivity index (χ2v) is 4.98. The van der Waals surface area contributed by atoms with E-state index in [1.54, 1.807) is 12.0 Å².